The molecule has 0 saturated heterocycles. The van der Waals surface area contributed by atoms with Gasteiger partial charge in [0.25, 0.3) is 0 Å². The Morgan fingerprint density at radius 3 is 2.19 bits per heavy atom. The number of Topliss-reactive ketones (excluding diaryl/α,β-unsaturated/α-hetero) is 1. The summed E-state index contributed by atoms with van der Waals surface area (Å²) >= 11 is 0. The third-order valence-corrected chi connectivity index (χ3v) is 5.60. The van der Waals surface area contributed by atoms with Crippen LogP contribution in [0.3, 0.4) is 0 Å². The summed E-state index contributed by atoms with van der Waals surface area (Å²) in [5.74, 6) is -0.302. The van der Waals surface area contributed by atoms with Gasteiger partial charge in [0.05, 0.1) is 4.90 Å². The molecule has 0 unspecified atom stereocenters. The van der Waals surface area contributed by atoms with Crippen LogP contribution in [0.1, 0.15) is 36.2 Å². The number of sulfonamides is 1. The fourth-order valence-electron chi connectivity index (χ4n) is 2.42. The monoisotopic (exact) mass is 385 g/mol. The van der Waals surface area contributed by atoms with Crippen molar-refractivity contribution in [2.24, 2.45) is 0 Å². The van der Waals surface area contributed by atoms with Crippen LogP contribution in [0.15, 0.2) is 59.5 Å². The first-order valence-electron chi connectivity index (χ1n) is 7.81. The fourth-order valence-corrected chi connectivity index (χ4v) is 3.85. The van der Waals surface area contributed by atoms with Crippen molar-refractivity contribution in [1.29, 1.82) is 0 Å². The second-order valence-electron chi connectivity index (χ2n) is 5.90. The van der Waals surface area contributed by atoms with Crippen LogP contribution in [0.2, 0.25) is 0 Å². The number of halogens is 3. The summed E-state index contributed by atoms with van der Waals surface area (Å²) in [5, 5.41) is 0. The number of alkyl halides is 3. The van der Waals surface area contributed by atoms with E-state index in [2.05, 4.69) is 0 Å². The molecule has 0 aliphatic carbocycles. The molecule has 2 rings (SSSR count). The number of rotatable bonds is 6. The summed E-state index contributed by atoms with van der Waals surface area (Å²) in [6, 6.07) is 11.7. The molecule has 26 heavy (non-hydrogen) atoms. The predicted molar refractivity (Wildman–Crippen MR) is 91.2 cm³/mol. The van der Waals surface area contributed by atoms with Crippen LogP contribution in [0.25, 0.3) is 0 Å². The number of nitrogens with one attached hydrogen (secondary N) is 1. The minimum atomic E-state index is -4.88. The lowest BCUT2D eigenvalue weighted by Gasteiger charge is -2.33. The molecule has 0 amide bonds. The number of carbonyl (C=O) groups is 1. The molecule has 140 valence electrons. The number of hydrogen-bond donors (Lipinski definition) is 1. The van der Waals surface area contributed by atoms with Crippen molar-refractivity contribution in [2.75, 3.05) is 0 Å². The average molecular weight is 385 g/mol. The zero-order valence-corrected chi connectivity index (χ0v) is 15.0. The molecule has 0 aromatic heterocycles. The number of benzene rings is 2. The zero-order chi connectivity index (χ0) is 19.6. The fraction of sp³-hybridized carbons (Fsp3) is 0.278. The van der Waals surface area contributed by atoms with Gasteiger partial charge in [0.2, 0.25) is 10.0 Å². The summed E-state index contributed by atoms with van der Waals surface area (Å²) in [4.78, 5) is 11.4. The van der Waals surface area contributed by atoms with Crippen molar-refractivity contribution >= 4 is 15.8 Å². The van der Waals surface area contributed by atoms with Crippen molar-refractivity contribution in [3.8, 4) is 0 Å². The minimum Gasteiger partial charge on any atom is -0.294 e. The number of hydrogen-bond acceptors (Lipinski definition) is 3. The molecule has 4 nitrogen and oxygen atoms in total. The quantitative estimate of drug-likeness (QED) is 0.764. The van der Waals surface area contributed by atoms with Gasteiger partial charge in [0, 0.05) is 12.0 Å². The molecule has 0 fully saturated rings. The summed E-state index contributed by atoms with van der Waals surface area (Å²) in [6.07, 6.45) is -4.72. The number of ketones is 1. The van der Waals surface area contributed by atoms with E-state index in [0.717, 1.165) is 19.1 Å². The molecule has 0 aliphatic rings. The second kappa shape index (κ2) is 7.20. The highest BCUT2D eigenvalue weighted by atomic mass is 32.2. The standard InChI is InChI=1S/C18H18F3NO3S/c1-3-16(23)13-8-7-11-15(12-13)26(24,25)22-17(2,18(19,20)21)14-9-5-4-6-10-14/h4-12,22H,3H2,1-2H3/t17-/m0/s1. The lowest BCUT2D eigenvalue weighted by atomic mass is 9.93. The van der Waals surface area contributed by atoms with Gasteiger partial charge in [0.1, 0.15) is 0 Å². The van der Waals surface area contributed by atoms with E-state index in [1.165, 1.54) is 42.5 Å². The highest BCUT2D eigenvalue weighted by molar-refractivity contribution is 7.89. The van der Waals surface area contributed by atoms with Crippen LogP contribution in [0, 0.1) is 0 Å². The molecule has 0 saturated carbocycles. The Bertz CT molecular complexity index is 895. The number of carbonyl (C=O) groups excluding carboxylic acids is 1. The Morgan fingerprint density at radius 1 is 1.04 bits per heavy atom. The lowest BCUT2D eigenvalue weighted by Crippen LogP contribution is -2.53. The Balaban J connectivity index is 2.50. The van der Waals surface area contributed by atoms with Crippen molar-refractivity contribution in [3.05, 3.63) is 65.7 Å². The lowest BCUT2D eigenvalue weighted by molar-refractivity contribution is -0.189. The Hall–Kier alpha value is -2.19. The molecule has 8 heteroatoms. The summed E-state index contributed by atoms with van der Waals surface area (Å²) in [5.41, 5.74) is -2.93. The first-order chi connectivity index (χ1) is 12.0. The van der Waals surface area contributed by atoms with Gasteiger partial charge in [-0.1, -0.05) is 49.4 Å². The van der Waals surface area contributed by atoms with E-state index in [4.69, 9.17) is 0 Å². The van der Waals surface area contributed by atoms with Gasteiger partial charge in [-0.05, 0) is 24.6 Å². The van der Waals surface area contributed by atoms with Gasteiger partial charge in [-0.25, -0.2) is 8.42 Å². The summed E-state index contributed by atoms with van der Waals surface area (Å²) < 4.78 is 68.1. The zero-order valence-electron chi connectivity index (χ0n) is 14.2. The molecular weight excluding hydrogens is 367 g/mol. The van der Waals surface area contributed by atoms with Crippen molar-refractivity contribution in [3.63, 3.8) is 0 Å². The van der Waals surface area contributed by atoms with E-state index in [-0.39, 0.29) is 23.3 Å². The van der Waals surface area contributed by atoms with Gasteiger partial charge in [0.15, 0.2) is 11.3 Å². The van der Waals surface area contributed by atoms with E-state index < -0.39 is 26.6 Å². The molecule has 0 bridgehead atoms. The Morgan fingerprint density at radius 2 is 1.65 bits per heavy atom. The van der Waals surface area contributed by atoms with Gasteiger partial charge in [-0.15, -0.1) is 0 Å². The Labute approximate surface area is 150 Å². The molecule has 2 aromatic rings. The van der Waals surface area contributed by atoms with E-state index in [1.54, 1.807) is 11.6 Å². The smallest absolute Gasteiger partial charge is 0.294 e. The van der Waals surface area contributed by atoms with Crippen molar-refractivity contribution < 1.29 is 26.4 Å². The van der Waals surface area contributed by atoms with Gasteiger partial charge in [-0.3, -0.25) is 4.79 Å². The van der Waals surface area contributed by atoms with Crippen LogP contribution >= 0.6 is 0 Å². The van der Waals surface area contributed by atoms with Gasteiger partial charge in [-0.2, -0.15) is 17.9 Å². The third kappa shape index (κ3) is 3.96. The third-order valence-electron chi connectivity index (χ3n) is 4.04. The SMILES string of the molecule is CCC(=O)c1cccc(S(=O)(=O)N[C@@](C)(c2ccccc2)C(F)(F)F)c1. The van der Waals surface area contributed by atoms with Crippen LogP contribution in [-0.4, -0.2) is 20.4 Å². The molecule has 0 radical (unpaired) electrons. The molecular formula is C18H18F3NO3S. The molecule has 0 aliphatic heterocycles. The summed E-state index contributed by atoms with van der Waals surface area (Å²) in [6.45, 7) is 2.37. The molecule has 1 N–H and O–H groups in total. The van der Waals surface area contributed by atoms with Crippen molar-refractivity contribution in [1.82, 2.24) is 4.72 Å². The second-order valence-corrected chi connectivity index (χ2v) is 7.58. The van der Waals surface area contributed by atoms with Crippen LogP contribution in [0.4, 0.5) is 13.2 Å². The molecule has 0 spiro atoms. The van der Waals surface area contributed by atoms with Crippen LogP contribution < -0.4 is 4.72 Å². The molecule has 2 aromatic carbocycles. The largest absolute Gasteiger partial charge is 0.411 e. The average Bonchev–Trinajstić information content (AvgIpc) is 2.60. The van der Waals surface area contributed by atoms with E-state index >= 15 is 0 Å². The highest BCUT2D eigenvalue weighted by Crippen LogP contribution is 2.39. The van der Waals surface area contributed by atoms with Crippen molar-refractivity contribution in [2.45, 2.75) is 36.9 Å². The molecule has 1 atom stereocenters. The normalized spacial score (nSPS) is 14.7. The van der Waals surface area contributed by atoms with E-state index in [0.29, 0.717) is 0 Å². The highest BCUT2D eigenvalue weighted by Gasteiger charge is 2.54. The van der Waals surface area contributed by atoms with Gasteiger partial charge >= 0.3 is 6.18 Å². The topological polar surface area (TPSA) is 63.2 Å². The first-order valence-corrected chi connectivity index (χ1v) is 9.29. The minimum absolute atomic E-state index is 0.129. The van der Waals surface area contributed by atoms with E-state index in [9.17, 15) is 26.4 Å². The van der Waals surface area contributed by atoms with E-state index in [1.807, 2.05) is 0 Å². The Kier molecular flexibility index (Phi) is 5.58. The van der Waals surface area contributed by atoms with Gasteiger partial charge < -0.3 is 0 Å². The van der Waals surface area contributed by atoms with Crippen LogP contribution in [0.5, 0.6) is 0 Å². The van der Waals surface area contributed by atoms with Crippen LogP contribution in [-0.2, 0) is 15.6 Å². The molecule has 0 heterocycles. The summed E-state index contributed by atoms with van der Waals surface area (Å²) in [7, 11) is -4.54. The maximum Gasteiger partial charge on any atom is 0.411 e. The predicted octanol–water partition coefficient (Wildman–Crippen LogP) is 4.04. The maximum absolute atomic E-state index is 13.7. The maximum atomic E-state index is 13.7. The first kappa shape index (κ1) is 20.1.